The number of carbonyl (C=O) groups excluding carboxylic acids is 3. The zero-order valence-electron chi connectivity index (χ0n) is 13.6. The number of nitrogens with one attached hydrogen (secondary N) is 1. The molecule has 0 aromatic heterocycles. The summed E-state index contributed by atoms with van der Waals surface area (Å²) >= 11 is 0. The standard InChI is InChI=1S/C14H13F3N4O5/c1-7(22)25-11-5-9(3-4-19-13(24)14(15,16)17)10(20-21-18)6-12(11)26-8(2)23/h5-6H,3-4H2,1-2H3,(H,19,24). The van der Waals surface area contributed by atoms with Gasteiger partial charge in [0.2, 0.25) is 0 Å². The summed E-state index contributed by atoms with van der Waals surface area (Å²) < 4.78 is 46.3. The number of alkyl halides is 3. The predicted molar refractivity (Wildman–Crippen MR) is 80.6 cm³/mol. The van der Waals surface area contributed by atoms with E-state index < -0.39 is 30.6 Å². The lowest BCUT2D eigenvalue weighted by Gasteiger charge is -2.14. The molecule has 0 saturated carbocycles. The van der Waals surface area contributed by atoms with Crippen LogP contribution in [0.2, 0.25) is 0 Å². The Balaban J connectivity index is 3.15. The first kappa shape index (κ1) is 20.8. The molecule has 1 rings (SSSR count). The van der Waals surface area contributed by atoms with Crippen LogP contribution >= 0.6 is 0 Å². The summed E-state index contributed by atoms with van der Waals surface area (Å²) in [4.78, 5) is 35.7. The Morgan fingerprint density at radius 3 is 2.15 bits per heavy atom. The number of hydrogen-bond acceptors (Lipinski definition) is 6. The van der Waals surface area contributed by atoms with Gasteiger partial charge < -0.3 is 14.8 Å². The SMILES string of the molecule is CC(=O)Oc1cc(CCNC(=O)C(F)(F)F)c(N=[N+]=[N-])cc1OC(C)=O. The number of amides is 1. The second kappa shape index (κ2) is 8.72. The highest BCUT2D eigenvalue weighted by Crippen LogP contribution is 2.36. The molecule has 1 aromatic rings. The van der Waals surface area contributed by atoms with Gasteiger partial charge >= 0.3 is 24.0 Å². The molecule has 0 heterocycles. The van der Waals surface area contributed by atoms with Crippen molar-refractivity contribution in [3.05, 3.63) is 28.1 Å². The number of halogens is 3. The number of carbonyl (C=O) groups is 3. The van der Waals surface area contributed by atoms with Crippen molar-refractivity contribution in [3.8, 4) is 11.5 Å². The van der Waals surface area contributed by atoms with Crippen LogP contribution in [0.25, 0.3) is 10.4 Å². The minimum atomic E-state index is -5.03. The first-order valence-corrected chi connectivity index (χ1v) is 6.98. The number of rotatable bonds is 6. The Morgan fingerprint density at radius 1 is 1.15 bits per heavy atom. The van der Waals surface area contributed by atoms with Crippen molar-refractivity contribution < 1.29 is 37.0 Å². The van der Waals surface area contributed by atoms with E-state index in [4.69, 9.17) is 15.0 Å². The highest BCUT2D eigenvalue weighted by molar-refractivity contribution is 5.81. The second-order valence-electron chi connectivity index (χ2n) is 4.81. The van der Waals surface area contributed by atoms with Crippen LogP contribution in [0, 0.1) is 0 Å². The molecule has 1 N–H and O–H groups in total. The number of benzene rings is 1. The lowest BCUT2D eigenvalue weighted by molar-refractivity contribution is -0.173. The Morgan fingerprint density at radius 2 is 1.69 bits per heavy atom. The molecule has 0 fully saturated rings. The van der Waals surface area contributed by atoms with E-state index in [1.54, 1.807) is 5.32 Å². The molecule has 0 aliphatic carbocycles. The van der Waals surface area contributed by atoms with Crippen molar-refractivity contribution in [1.29, 1.82) is 0 Å². The van der Waals surface area contributed by atoms with Crippen molar-refractivity contribution in [1.82, 2.24) is 5.32 Å². The van der Waals surface area contributed by atoms with Crippen LogP contribution < -0.4 is 14.8 Å². The van der Waals surface area contributed by atoms with Crippen LogP contribution in [-0.2, 0) is 20.8 Å². The van der Waals surface area contributed by atoms with Gasteiger partial charge in [0.25, 0.3) is 0 Å². The first-order valence-electron chi connectivity index (χ1n) is 6.98. The molecule has 1 amide bonds. The van der Waals surface area contributed by atoms with E-state index in [-0.39, 0.29) is 29.2 Å². The Hall–Kier alpha value is -3.27. The molecule has 0 aliphatic rings. The molecule has 0 aliphatic heterocycles. The molecule has 0 spiro atoms. The first-order chi connectivity index (χ1) is 12.0. The maximum absolute atomic E-state index is 12.2. The summed E-state index contributed by atoms with van der Waals surface area (Å²) in [6, 6.07) is 2.27. The summed E-state index contributed by atoms with van der Waals surface area (Å²) in [6.07, 6.45) is -5.21. The van der Waals surface area contributed by atoms with E-state index in [2.05, 4.69) is 10.0 Å². The van der Waals surface area contributed by atoms with Gasteiger partial charge in [-0.05, 0) is 29.6 Å². The number of nitrogens with zero attached hydrogens (tertiary/aromatic N) is 3. The third-order valence-corrected chi connectivity index (χ3v) is 2.74. The van der Waals surface area contributed by atoms with Crippen molar-refractivity contribution >= 4 is 23.5 Å². The topological polar surface area (TPSA) is 130 Å². The van der Waals surface area contributed by atoms with E-state index in [9.17, 15) is 27.6 Å². The predicted octanol–water partition coefficient (Wildman–Crippen LogP) is 2.70. The normalized spacial score (nSPS) is 10.5. The Kier molecular flexibility index (Phi) is 6.96. The Labute approximate surface area is 144 Å². The quantitative estimate of drug-likeness (QED) is 0.269. The minimum absolute atomic E-state index is 0.0686. The van der Waals surface area contributed by atoms with Gasteiger partial charge in [0.15, 0.2) is 11.5 Å². The fourth-order valence-electron chi connectivity index (χ4n) is 1.81. The van der Waals surface area contributed by atoms with Gasteiger partial charge in [0, 0.05) is 31.0 Å². The van der Waals surface area contributed by atoms with Crippen LogP contribution in [-0.4, -0.2) is 30.6 Å². The van der Waals surface area contributed by atoms with Crippen LogP contribution in [0.4, 0.5) is 18.9 Å². The van der Waals surface area contributed by atoms with Gasteiger partial charge in [-0.25, -0.2) is 0 Å². The van der Waals surface area contributed by atoms with Crippen molar-refractivity contribution in [3.63, 3.8) is 0 Å². The van der Waals surface area contributed by atoms with Gasteiger partial charge in [0.05, 0.1) is 0 Å². The molecular formula is C14H13F3N4O5. The number of azide groups is 1. The maximum atomic E-state index is 12.2. The van der Waals surface area contributed by atoms with Crippen LogP contribution in [0.3, 0.4) is 0 Å². The summed E-state index contributed by atoms with van der Waals surface area (Å²) in [5.74, 6) is -4.01. The van der Waals surface area contributed by atoms with Gasteiger partial charge in [-0.2, -0.15) is 13.2 Å². The number of ether oxygens (including phenoxy) is 2. The third-order valence-electron chi connectivity index (χ3n) is 2.74. The molecular weight excluding hydrogens is 361 g/mol. The summed E-state index contributed by atoms with van der Waals surface area (Å²) in [5, 5.41) is 5.01. The monoisotopic (exact) mass is 374 g/mol. The summed E-state index contributed by atoms with van der Waals surface area (Å²) in [6.45, 7) is 1.74. The smallest absolute Gasteiger partial charge is 0.423 e. The van der Waals surface area contributed by atoms with Crippen molar-refractivity contribution in [2.45, 2.75) is 26.4 Å². The average Bonchev–Trinajstić information content (AvgIpc) is 2.49. The highest BCUT2D eigenvalue weighted by atomic mass is 19.4. The molecule has 140 valence electrons. The van der Waals surface area contributed by atoms with Crippen LogP contribution in [0.1, 0.15) is 19.4 Å². The summed E-state index contributed by atoms with van der Waals surface area (Å²) in [5.41, 5.74) is 8.69. The van der Waals surface area contributed by atoms with Crippen molar-refractivity contribution in [2.75, 3.05) is 6.54 Å². The van der Waals surface area contributed by atoms with Crippen LogP contribution in [0.15, 0.2) is 17.2 Å². The zero-order chi connectivity index (χ0) is 19.9. The fraction of sp³-hybridized carbons (Fsp3) is 0.357. The average molecular weight is 374 g/mol. The Bertz CT molecular complexity index is 773. The maximum Gasteiger partial charge on any atom is 0.471 e. The van der Waals surface area contributed by atoms with E-state index in [1.165, 1.54) is 6.07 Å². The van der Waals surface area contributed by atoms with Gasteiger partial charge in [-0.1, -0.05) is 5.11 Å². The van der Waals surface area contributed by atoms with Gasteiger partial charge in [0.1, 0.15) is 0 Å². The molecule has 0 atom stereocenters. The van der Waals surface area contributed by atoms with Gasteiger partial charge in [-0.15, -0.1) is 0 Å². The number of esters is 2. The van der Waals surface area contributed by atoms with E-state index >= 15 is 0 Å². The van der Waals surface area contributed by atoms with Crippen LogP contribution in [0.5, 0.6) is 11.5 Å². The lowest BCUT2D eigenvalue weighted by Crippen LogP contribution is -2.37. The van der Waals surface area contributed by atoms with E-state index in [1.807, 2.05) is 0 Å². The largest absolute Gasteiger partial charge is 0.471 e. The van der Waals surface area contributed by atoms with Gasteiger partial charge in [-0.3, -0.25) is 14.4 Å². The zero-order valence-corrected chi connectivity index (χ0v) is 13.6. The lowest BCUT2D eigenvalue weighted by atomic mass is 10.1. The van der Waals surface area contributed by atoms with E-state index in [0.717, 1.165) is 19.9 Å². The third kappa shape index (κ3) is 6.32. The minimum Gasteiger partial charge on any atom is -0.423 e. The molecule has 9 nitrogen and oxygen atoms in total. The van der Waals surface area contributed by atoms with E-state index in [0.29, 0.717) is 0 Å². The molecule has 0 bridgehead atoms. The molecule has 0 unspecified atom stereocenters. The molecule has 26 heavy (non-hydrogen) atoms. The fourth-order valence-corrected chi connectivity index (χ4v) is 1.81. The second-order valence-corrected chi connectivity index (χ2v) is 4.81. The van der Waals surface area contributed by atoms with Crippen molar-refractivity contribution in [2.24, 2.45) is 5.11 Å². The summed E-state index contributed by atoms with van der Waals surface area (Å²) in [7, 11) is 0. The molecule has 0 saturated heterocycles. The number of hydrogen-bond donors (Lipinski definition) is 1. The highest BCUT2D eigenvalue weighted by Gasteiger charge is 2.38. The molecule has 12 heteroatoms. The molecule has 1 aromatic carbocycles. The molecule has 0 radical (unpaired) electrons.